The third kappa shape index (κ3) is 5.57. The first kappa shape index (κ1) is 21.7. The van der Waals surface area contributed by atoms with E-state index in [1.807, 2.05) is 53.5 Å². The molecule has 0 spiro atoms. The SMILES string of the molecule is CCOC(=O)CN(C)C[C@]1(CC)COC(C)(C)N1C(=O)OC(C)(C)C. The maximum absolute atomic E-state index is 12.9. The molecule has 1 atom stereocenters. The van der Waals surface area contributed by atoms with Crippen LogP contribution in [0.1, 0.15) is 54.9 Å². The van der Waals surface area contributed by atoms with Gasteiger partial charge >= 0.3 is 12.1 Å². The van der Waals surface area contributed by atoms with Gasteiger partial charge in [-0.15, -0.1) is 0 Å². The second-order valence-electron chi connectivity index (χ2n) is 8.11. The van der Waals surface area contributed by atoms with Crippen LogP contribution in [0, 0.1) is 0 Å². The Bertz CT molecular complexity index is 486. The highest BCUT2D eigenvalue weighted by Crippen LogP contribution is 2.39. The van der Waals surface area contributed by atoms with Crippen molar-refractivity contribution in [2.24, 2.45) is 0 Å². The zero-order valence-corrected chi connectivity index (χ0v) is 17.0. The molecule has 1 aliphatic rings. The molecule has 7 nitrogen and oxygen atoms in total. The van der Waals surface area contributed by atoms with Crippen molar-refractivity contribution in [3.8, 4) is 0 Å². The Kier molecular flexibility index (Phi) is 6.87. The lowest BCUT2D eigenvalue weighted by molar-refractivity contribution is -0.144. The predicted molar refractivity (Wildman–Crippen MR) is 95.3 cm³/mol. The van der Waals surface area contributed by atoms with Gasteiger partial charge in [-0.05, 0) is 55.0 Å². The van der Waals surface area contributed by atoms with Gasteiger partial charge in [0, 0.05) is 6.54 Å². The number of amides is 1. The lowest BCUT2D eigenvalue weighted by atomic mass is 9.94. The summed E-state index contributed by atoms with van der Waals surface area (Å²) in [5.41, 5.74) is -1.93. The number of esters is 1. The van der Waals surface area contributed by atoms with Crippen molar-refractivity contribution in [2.75, 3.05) is 33.4 Å². The van der Waals surface area contributed by atoms with Crippen molar-refractivity contribution in [1.29, 1.82) is 0 Å². The molecular formula is C18H34N2O5. The topological polar surface area (TPSA) is 68.3 Å². The Morgan fingerprint density at radius 3 is 2.32 bits per heavy atom. The molecule has 0 saturated carbocycles. The van der Waals surface area contributed by atoms with E-state index in [0.29, 0.717) is 26.2 Å². The lowest BCUT2D eigenvalue weighted by Crippen LogP contribution is -2.60. The van der Waals surface area contributed by atoms with Crippen LogP contribution in [-0.2, 0) is 19.0 Å². The third-order valence-electron chi connectivity index (χ3n) is 4.21. The molecule has 0 radical (unpaired) electrons. The molecule has 0 aromatic rings. The van der Waals surface area contributed by atoms with Crippen LogP contribution >= 0.6 is 0 Å². The Balaban J connectivity index is 3.00. The Morgan fingerprint density at radius 1 is 1.24 bits per heavy atom. The number of likely N-dealkylation sites (N-methyl/N-ethyl adjacent to an activating group) is 1. The minimum absolute atomic E-state index is 0.165. The minimum Gasteiger partial charge on any atom is -0.465 e. The summed E-state index contributed by atoms with van der Waals surface area (Å²) in [7, 11) is 1.84. The van der Waals surface area contributed by atoms with Crippen molar-refractivity contribution < 1.29 is 23.8 Å². The Labute approximate surface area is 151 Å². The van der Waals surface area contributed by atoms with Gasteiger partial charge in [0.2, 0.25) is 0 Å². The molecule has 1 rings (SSSR count). The molecule has 1 heterocycles. The first-order valence-electron chi connectivity index (χ1n) is 8.88. The van der Waals surface area contributed by atoms with Crippen molar-refractivity contribution in [3.05, 3.63) is 0 Å². The highest BCUT2D eigenvalue weighted by Gasteiger charge is 2.54. The molecule has 1 fully saturated rings. The van der Waals surface area contributed by atoms with Gasteiger partial charge in [-0.3, -0.25) is 14.6 Å². The van der Waals surface area contributed by atoms with Crippen LogP contribution < -0.4 is 0 Å². The molecule has 7 heteroatoms. The number of nitrogens with zero attached hydrogens (tertiary/aromatic N) is 2. The Hall–Kier alpha value is -1.34. The van der Waals surface area contributed by atoms with E-state index in [0.717, 1.165) is 0 Å². The summed E-state index contributed by atoms with van der Waals surface area (Å²) in [6.07, 6.45) is 0.282. The normalized spacial score (nSPS) is 23.0. The number of hydrogen-bond donors (Lipinski definition) is 0. The predicted octanol–water partition coefficient (Wildman–Crippen LogP) is 2.63. The molecule has 0 aromatic heterocycles. The molecular weight excluding hydrogens is 324 g/mol. The van der Waals surface area contributed by atoms with Crippen LogP contribution in [0.3, 0.4) is 0 Å². The minimum atomic E-state index is -0.775. The van der Waals surface area contributed by atoms with E-state index in [2.05, 4.69) is 0 Å². The van der Waals surface area contributed by atoms with Crippen LogP contribution in [0.2, 0.25) is 0 Å². The zero-order valence-electron chi connectivity index (χ0n) is 17.0. The van der Waals surface area contributed by atoms with Gasteiger partial charge in [-0.1, -0.05) is 6.92 Å². The molecule has 146 valence electrons. The van der Waals surface area contributed by atoms with E-state index < -0.39 is 23.0 Å². The number of rotatable bonds is 6. The molecule has 0 bridgehead atoms. The van der Waals surface area contributed by atoms with E-state index in [1.54, 1.807) is 11.8 Å². The molecule has 0 aromatic carbocycles. The summed E-state index contributed by atoms with van der Waals surface area (Å²) in [4.78, 5) is 28.2. The average molecular weight is 358 g/mol. The number of carbonyl (C=O) groups is 2. The second-order valence-corrected chi connectivity index (χ2v) is 8.11. The smallest absolute Gasteiger partial charge is 0.413 e. The van der Waals surface area contributed by atoms with Gasteiger partial charge in [0.1, 0.15) is 11.3 Å². The van der Waals surface area contributed by atoms with Crippen LogP contribution in [0.25, 0.3) is 0 Å². The van der Waals surface area contributed by atoms with Crippen LogP contribution in [0.15, 0.2) is 0 Å². The fraction of sp³-hybridized carbons (Fsp3) is 0.889. The largest absolute Gasteiger partial charge is 0.465 e. The van der Waals surface area contributed by atoms with E-state index in [4.69, 9.17) is 14.2 Å². The third-order valence-corrected chi connectivity index (χ3v) is 4.21. The monoisotopic (exact) mass is 358 g/mol. The highest BCUT2D eigenvalue weighted by atomic mass is 16.6. The lowest BCUT2D eigenvalue weighted by Gasteiger charge is -2.43. The quantitative estimate of drug-likeness (QED) is 0.680. The summed E-state index contributed by atoms with van der Waals surface area (Å²) < 4.78 is 16.6. The first-order chi connectivity index (χ1) is 11.4. The fourth-order valence-electron chi connectivity index (χ4n) is 3.21. The second kappa shape index (κ2) is 7.91. The van der Waals surface area contributed by atoms with Crippen LogP contribution in [-0.4, -0.2) is 72.1 Å². The summed E-state index contributed by atoms with van der Waals surface area (Å²) in [6.45, 7) is 14.4. The van der Waals surface area contributed by atoms with E-state index in [9.17, 15) is 9.59 Å². The number of hydrogen-bond acceptors (Lipinski definition) is 6. The standard InChI is InChI=1S/C18H34N2O5/c1-9-18(12-19(8)11-14(21)23-10-2)13-24-17(6,7)20(18)15(22)25-16(3,4)5/h9-13H2,1-8H3/t18-/m1/s1. The summed E-state index contributed by atoms with van der Waals surface area (Å²) in [5, 5.41) is 0. The zero-order chi connectivity index (χ0) is 19.5. The van der Waals surface area contributed by atoms with Gasteiger partial charge < -0.3 is 14.2 Å². The molecule has 0 N–H and O–H groups in total. The Morgan fingerprint density at radius 2 is 1.84 bits per heavy atom. The summed E-state index contributed by atoms with van der Waals surface area (Å²) in [5.74, 6) is -0.279. The molecule has 25 heavy (non-hydrogen) atoms. The van der Waals surface area contributed by atoms with E-state index in [1.165, 1.54) is 0 Å². The maximum Gasteiger partial charge on any atom is 0.413 e. The van der Waals surface area contributed by atoms with Crippen molar-refractivity contribution in [3.63, 3.8) is 0 Å². The summed E-state index contributed by atoms with van der Waals surface area (Å²) >= 11 is 0. The highest BCUT2D eigenvalue weighted by molar-refractivity contribution is 5.72. The average Bonchev–Trinajstić information content (AvgIpc) is 2.68. The van der Waals surface area contributed by atoms with Crippen molar-refractivity contribution in [2.45, 2.75) is 71.8 Å². The van der Waals surface area contributed by atoms with Crippen molar-refractivity contribution in [1.82, 2.24) is 9.80 Å². The number of carbonyl (C=O) groups excluding carboxylic acids is 2. The number of ether oxygens (including phenoxy) is 3. The van der Waals surface area contributed by atoms with E-state index >= 15 is 0 Å². The van der Waals surface area contributed by atoms with Gasteiger partial charge in [-0.25, -0.2) is 4.79 Å². The summed E-state index contributed by atoms with van der Waals surface area (Å²) in [6, 6.07) is 0. The first-order valence-corrected chi connectivity index (χ1v) is 8.88. The van der Waals surface area contributed by atoms with Crippen LogP contribution in [0.4, 0.5) is 4.79 Å². The van der Waals surface area contributed by atoms with Crippen molar-refractivity contribution >= 4 is 12.1 Å². The molecule has 0 unspecified atom stereocenters. The maximum atomic E-state index is 12.9. The van der Waals surface area contributed by atoms with Gasteiger partial charge in [-0.2, -0.15) is 0 Å². The molecule has 0 aliphatic carbocycles. The molecule has 1 aliphatic heterocycles. The van der Waals surface area contributed by atoms with Gasteiger partial charge in [0.05, 0.1) is 25.3 Å². The molecule has 1 amide bonds. The van der Waals surface area contributed by atoms with E-state index in [-0.39, 0.29) is 12.5 Å². The molecule has 1 saturated heterocycles. The fourth-order valence-corrected chi connectivity index (χ4v) is 3.21. The van der Waals surface area contributed by atoms with Gasteiger partial charge in [0.15, 0.2) is 0 Å². The van der Waals surface area contributed by atoms with Crippen LogP contribution in [0.5, 0.6) is 0 Å². The van der Waals surface area contributed by atoms with Gasteiger partial charge in [0.25, 0.3) is 0 Å².